The molecule has 298 valence electrons. The summed E-state index contributed by atoms with van der Waals surface area (Å²) in [6.45, 7) is 14.2. The van der Waals surface area contributed by atoms with Gasteiger partial charge in [0, 0.05) is 43.3 Å². The van der Waals surface area contributed by atoms with Gasteiger partial charge in [0.05, 0.1) is 16.7 Å². The second-order valence-electron chi connectivity index (χ2n) is 18.5. The molecule has 4 heteroatoms. The smallest absolute Gasteiger partial charge is 0.174 e. The number of rotatable bonds is 5. The lowest BCUT2D eigenvalue weighted by atomic mass is 9.59. The van der Waals surface area contributed by atoms with E-state index in [0.29, 0.717) is 10.9 Å². The second kappa shape index (κ2) is 13.3. The first-order chi connectivity index (χ1) is 29.4. The summed E-state index contributed by atoms with van der Waals surface area (Å²) in [6.07, 6.45) is 0. The van der Waals surface area contributed by atoms with E-state index in [1.165, 1.54) is 50.4 Å². The van der Waals surface area contributed by atoms with Gasteiger partial charge < -0.3 is 13.9 Å². The lowest BCUT2D eigenvalue weighted by Crippen LogP contribution is -2.37. The van der Waals surface area contributed by atoms with Crippen LogP contribution in [0.3, 0.4) is 0 Å². The predicted octanol–water partition coefficient (Wildman–Crippen LogP) is 14.0. The van der Waals surface area contributed by atoms with Gasteiger partial charge in [0.1, 0.15) is 11.2 Å². The molecule has 0 unspecified atom stereocenters. The standard InChI is InChI=1S/C57H48NO2P/c1-55(2)45-32-30-39(58-50-26-16-14-24-46(50)57(5,6)47-25-15-17-27-51(47)58)36-49(45)56(3,4)44-31-29-37(34-48(44)55)38-33-43-42-23-13-18-28-52(42)60-54(43)53(35-38)61(59,40-19-9-7-10-20-40)41-21-11-8-12-22-41/h7-36H,1-6H3. The zero-order valence-corrected chi connectivity index (χ0v) is 36.4. The minimum Gasteiger partial charge on any atom is -0.455 e. The van der Waals surface area contributed by atoms with Crippen LogP contribution in [0.2, 0.25) is 0 Å². The van der Waals surface area contributed by atoms with Crippen LogP contribution in [0.25, 0.3) is 33.1 Å². The normalized spacial score (nSPS) is 15.8. The summed E-state index contributed by atoms with van der Waals surface area (Å²) < 4.78 is 22.8. The van der Waals surface area contributed by atoms with Gasteiger partial charge in [-0.15, -0.1) is 0 Å². The summed E-state index contributed by atoms with van der Waals surface area (Å²) in [4.78, 5) is 2.47. The second-order valence-corrected chi connectivity index (χ2v) is 21.2. The van der Waals surface area contributed by atoms with Gasteiger partial charge in [-0.05, 0) is 93.0 Å². The van der Waals surface area contributed by atoms with Crippen LogP contribution in [0, 0.1) is 0 Å². The van der Waals surface area contributed by atoms with Crippen molar-refractivity contribution in [2.45, 2.75) is 57.8 Å². The molecule has 1 aliphatic carbocycles. The molecule has 0 radical (unpaired) electrons. The summed E-state index contributed by atoms with van der Waals surface area (Å²) >= 11 is 0. The molecule has 0 atom stereocenters. The Bertz CT molecular complexity index is 3170. The molecule has 3 nitrogen and oxygen atoms in total. The van der Waals surface area contributed by atoms with Gasteiger partial charge in [-0.2, -0.15) is 0 Å². The van der Waals surface area contributed by atoms with Crippen LogP contribution >= 0.6 is 7.14 Å². The maximum atomic E-state index is 16.1. The third-order valence-corrected chi connectivity index (χ3v) is 17.0. The number of nitrogens with zero attached hydrogens (tertiary/aromatic N) is 1. The molecule has 0 saturated heterocycles. The molecule has 9 aromatic rings. The van der Waals surface area contributed by atoms with E-state index in [1.54, 1.807) is 0 Å². The maximum Gasteiger partial charge on any atom is 0.174 e. The molecule has 0 amide bonds. The van der Waals surface area contributed by atoms with Crippen molar-refractivity contribution in [3.05, 3.63) is 215 Å². The van der Waals surface area contributed by atoms with E-state index in [4.69, 9.17) is 4.42 Å². The fraction of sp³-hybridized carbons (Fsp3) is 0.158. The monoisotopic (exact) mass is 809 g/mol. The molecule has 11 rings (SSSR count). The molecule has 0 fully saturated rings. The van der Waals surface area contributed by atoms with Gasteiger partial charge in [0.15, 0.2) is 7.14 Å². The van der Waals surface area contributed by atoms with Gasteiger partial charge >= 0.3 is 0 Å². The van der Waals surface area contributed by atoms with Gasteiger partial charge in [0.2, 0.25) is 0 Å². The molecule has 1 aromatic heterocycles. The van der Waals surface area contributed by atoms with Crippen molar-refractivity contribution in [1.82, 2.24) is 0 Å². The zero-order valence-electron chi connectivity index (χ0n) is 35.5. The highest BCUT2D eigenvalue weighted by atomic mass is 31.2. The van der Waals surface area contributed by atoms with Crippen LogP contribution in [0.1, 0.15) is 74.9 Å². The minimum absolute atomic E-state index is 0.119. The van der Waals surface area contributed by atoms with E-state index in [-0.39, 0.29) is 16.2 Å². The third kappa shape index (κ3) is 5.40. The Morgan fingerprint density at radius 1 is 0.426 bits per heavy atom. The topological polar surface area (TPSA) is 33.5 Å². The molecule has 8 aromatic carbocycles. The van der Waals surface area contributed by atoms with Crippen molar-refractivity contribution < 1.29 is 8.98 Å². The van der Waals surface area contributed by atoms with Crippen molar-refractivity contribution in [3.8, 4) is 11.1 Å². The number of para-hydroxylation sites is 3. The molecule has 2 aliphatic rings. The van der Waals surface area contributed by atoms with Crippen LogP contribution in [-0.2, 0) is 20.8 Å². The highest BCUT2D eigenvalue weighted by Gasteiger charge is 2.43. The number of benzene rings is 8. The number of furan rings is 1. The van der Waals surface area contributed by atoms with Crippen LogP contribution < -0.4 is 20.8 Å². The molecule has 0 bridgehead atoms. The lowest BCUT2D eigenvalue weighted by Gasteiger charge is -2.46. The Balaban J connectivity index is 1.09. The highest BCUT2D eigenvalue weighted by molar-refractivity contribution is 7.85. The Kier molecular flexibility index (Phi) is 8.19. The molecule has 61 heavy (non-hydrogen) atoms. The number of hydrogen-bond donors (Lipinski definition) is 0. The predicted molar refractivity (Wildman–Crippen MR) is 256 cm³/mol. The lowest BCUT2D eigenvalue weighted by molar-refractivity contribution is 0.521. The summed E-state index contributed by atoms with van der Waals surface area (Å²) in [5.74, 6) is 0. The first-order valence-electron chi connectivity index (χ1n) is 21.4. The number of fused-ring (bicyclic) bond motifs is 7. The van der Waals surface area contributed by atoms with E-state index in [1.807, 2.05) is 78.9 Å². The van der Waals surface area contributed by atoms with E-state index in [0.717, 1.165) is 38.1 Å². The van der Waals surface area contributed by atoms with Crippen LogP contribution in [0.5, 0.6) is 0 Å². The highest BCUT2D eigenvalue weighted by Crippen LogP contribution is 2.56. The Labute approximate surface area is 358 Å². The van der Waals surface area contributed by atoms with Crippen molar-refractivity contribution in [2.75, 3.05) is 4.90 Å². The first kappa shape index (κ1) is 37.6. The molecule has 0 saturated carbocycles. The summed E-state index contributed by atoms with van der Waals surface area (Å²) in [6, 6.07) is 64.3. The van der Waals surface area contributed by atoms with Gasteiger partial charge in [-0.25, -0.2) is 0 Å². The summed E-state index contributed by atoms with van der Waals surface area (Å²) in [7, 11) is -3.40. The van der Waals surface area contributed by atoms with Crippen LogP contribution in [0.15, 0.2) is 186 Å². The molecule has 0 N–H and O–H groups in total. The Morgan fingerprint density at radius 2 is 0.934 bits per heavy atom. The average Bonchev–Trinajstić information content (AvgIpc) is 3.67. The maximum absolute atomic E-state index is 16.1. The van der Waals surface area contributed by atoms with E-state index in [2.05, 4.69) is 150 Å². The molecule has 0 spiro atoms. The fourth-order valence-electron chi connectivity index (χ4n) is 10.7. The van der Waals surface area contributed by atoms with E-state index in [9.17, 15) is 0 Å². The minimum atomic E-state index is -3.40. The zero-order chi connectivity index (χ0) is 41.9. The van der Waals surface area contributed by atoms with Gasteiger partial charge in [0.25, 0.3) is 0 Å². The molecular weight excluding hydrogens is 762 g/mol. The van der Waals surface area contributed by atoms with E-state index >= 15 is 4.57 Å². The van der Waals surface area contributed by atoms with Crippen molar-refractivity contribution in [1.29, 1.82) is 0 Å². The Hall–Kier alpha value is -6.41. The van der Waals surface area contributed by atoms with Crippen LogP contribution in [0.4, 0.5) is 17.1 Å². The SMILES string of the molecule is CC1(C)c2ccccc2N(c2ccc3c(c2)C(C)(C)c2ccc(-c4cc(P(=O)(c5ccccc5)c5ccccc5)c5oc6ccccc6c5c4)cc2C3(C)C)c2ccccc21. The van der Waals surface area contributed by atoms with Crippen LogP contribution in [-0.4, -0.2) is 0 Å². The molecule has 1 aliphatic heterocycles. The van der Waals surface area contributed by atoms with Crippen molar-refractivity contribution in [2.24, 2.45) is 0 Å². The first-order valence-corrected chi connectivity index (χ1v) is 23.1. The molecular formula is C57H48NO2P. The largest absolute Gasteiger partial charge is 0.455 e. The summed E-state index contributed by atoms with van der Waals surface area (Å²) in [5.41, 5.74) is 14.5. The molecule has 2 heterocycles. The number of hydrogen-bond acceptors (Lipinski definition) is 3. The van der Waals surface area contributed by atoms with Crippen molar-refractivity contribution >= 4 is 62.1 Å². The summed E-state index contributed by atoms with van der Waals surface area (Å²) in [5, 5.41) is 4.26. The van der Waals surface area contributed by atoms with Gasteiger partial charge in [-0.1, -0.05) is 175 Å². The van der Waals surface area contributed by atoms with Crippen molar-refractivity contribution in [3.63, 3.8) is 0 Å². The quantitative estimate of drug-likeness (QED) is 0.162. The van der Waals surface area contributed by atoms with E-state index < -0.39 is 7.14 Å². The van der Waals surface area contributed by atoms with Gasteiger partial charge in [-0.3, -0.25) is 0 Å². The fourth-order valence-corrected chi connectivity index (χ4v) is 13.5. The third-order valence-electron chi connectivity index (χ3n) is 14.0. The Morgan fingerprint density at radius 3 is 1.56 bits per heavy atom. The number of anilines is 3. The average molecular weight is 810 g/mol.